The summed E-state index contributed by atoms with van der Waals surface area (Å²) in [6.45, 7) is 8.16. The molecule has 1 fully saturated rings. The summed E-state index contributed by atoms with van der Waals surface area (Å²) < 4.78 is 11.0. The lowest BCUT2D eigenvalue weighted by molar-refractivity contribution is -0.150. The van der Waals surface area contributed by atoms with Crippen molar-refractivity contribution in [1.29, 1.82) is 0 Å². The van der Waals surface area contributed by atoms with Crippen molar-refractivity contribution in [3.8, 4) is 0 Å². The molecule has 1 saturated heterocycles. The number of halogens is 1. The highest BCUT2D eigenvalue weighted by atomic mass is 35.5. The summed E-state index contributed by atoms with van der Waals surface area (Å²) in [5.74, 6) is -0.154. The van der Waals surface area contributed by atoms with Crippen molar-refractivity contribution in [2.75, 3.05) is 13.1 Å². The minimum Gasteiger partial charge on any atom is -0.457 e. The summed E-state index contributed by atoms with van der Waals surface area (Å²) in [4.78, 5) is 25.4. The van der Waals surface area contributed by atoms with E-state index in [2.05, 4.69) is 0 Å². The van der Waals surface area contributed by atoms with Crippen LogP contribution in [0.4, 0.5) is 4.79 Å². The van der Waals surface area contributed by atoms with Gasteiger partial charge in [-0.1, -0.05) is 23.7 Å². The predicted molar refractivity (Wildman–Crippen MR) is 96.5 cm³/mol. The number of ether oxygens (including phenoxy) is 2. The minimum absolute atomic E-state index is 0.156. The molecule has 5 nitrogen and oxygen atoms in total. The van der Waals surface area contributed by atoms with Crippen molar-refractivity contribution in [2.24, 2.45) is 5.92 Å². The average molecular weight is 368 g/mol. The van der Waals surface area contributed by atoms with Crippen molar-refractivity contribution in [1.82, 2.24) is 4.90 Å². The van der Waals surface area contributed by atoms with Gasteiger partial charge in [0, 0.05) is 31.0 Å². The van der Waals surface area contributed by atoms with E-state index in [0.717, 1.165) is 18.4 Å². The number of benzene rings is 1. The Bertz CT molecular complexity index is 601. The third-order valence-electron chi connectivity index (χ3n) is 4.11. The number of hydrogen-bond acceptors (Lipinski definition) is 4. The first kappa shape index (κ1) is 19.6. The molecule has 1 atom stereocenters. The van der Waals surface area contributed by atoms with Gasteiger partial charge in [-0.15, -0.1) is 0 Å². The lowest BCUT2D eigenvalue weighted by Gasteiger charge is -2.36. The molecule has 0 bridgehead atoms. The third-order valence-corrected chi connectivity index (χ3v) is 4.36. The number of amides is 1. The van der Waals surface area contributed by atoms with E-state index in [1.807, 2.05) is 32.9 Å². The van der Waals surface area contributed by atoms with Gasteiger partial charge in [0.2, 0.25) is 0 Å². The Labute approximate surface area is 154 Å². The summed E-state index contributed by atoms with van der Waals surface area (Å²) >= 11 is 5.95. The van der Waals surface area contributed by atoms with Crippen LogP contribution in [0.3, 0.4) is 0 Å². The Balaban J connectivity index is 2.03. The summed E-state index contributed by atoms with van der Waals surface area (Å²) in [5, 5.41) is 0.644. The molecule has 0 spiro atoms. The third kappa shape index (κ3) is 5.92. The van der Waals surface area contributed by atoms with Gasteiger partial charge in [-0.05, 0) is 51.3 Å². The fourth-order valence-corrected chi connectivity index (χ4v) is 3.10. The quantitative estimate of drug-likeness (QED) is 0.733. The first-order valence-corrected chi connectivity index (χ1v) is 8.94. The topological polar surface area (TPSA) is 55.8 Å². The molecule has 0 aromatic heterocycles. The maximum atomic E-state index is 12.2. The largest absolute Gasteiger partial charge is 0.457 e. The van der Waals surface area contributed by atoms with Gasteiger partial charge < -0.3 is 14.4 Å². The molecule has 1 heterocycles. The van der Waals surface area contributed by atoms with Gasteiger partial charge in [-0.2, -0.15) is 0 Å². The number of nitrogens with zero attached hydrogens (tertiary/aromatic N) is 1. The van der Waals surface area contributed by atoms with Crippen molar-refractivity contribution >= 4 is 23.7 Å². The van der Waals surface area contributed by atoms with Gasteiger partial charge in [-0.25, -0.2) is 4.79 Å². The molecule has 0 N–H and O–H groups in total. The number of rotatable bonds is 3. The Morgan fingerprint density at radius 3 is 2.20 bits per heavy atom. The van der Waals surface area contributed by atoms with Crippen LogP contribution in [0.1, 0.15) is 52.2 Å². The number of carbonyl (C=O) groups is 2. The van der Waals surface area contributed by atoms with Gasteiger partial charge in [0.15, 0.2) is 0 Å². The molecule has 1 aliphatic rings. The van der Waals surface area contributed by atoms with E-state index in [9.17, 15) is 9.59 Å². The zero-order valence-corrected chi connectivity index (χ0v) is 16.0. The first-order valence-electron chi connectivity index (χ1n) is 8.56. The fourth-order valence-electron chi connectivity index (χ4n) is 2.98. The van der Waals surface area contributed by atoms with Gasteiger partial charge in [-0.3, -0.25) is 4.79 Å². The van der Waals surface area contributed by atoms with Gasteiger partial charge in [0.05, 0.1) is 0 Å². The minimum atomic E-state index is -0.502. The number of hydrogen-bond donors (Lipinski definition) is 0. The van der Waals surface area contributed by atoms with Crippen LogP contribution < -0.4 is 0 Å². The average Bonchev–Trinajstić information content (AvgIpc) is 2.52. The van der Waals surface area contributed by atoms with E-state index in [4.69, 9.17) is 21.1 Å². The molecule has 0 radical (unpaired) electrons. The van der Waals surface area contributed by atoms with E-state index >= 15 is 0 Å². The molecule has 1 aliphatic heterocycles. The molecule has 1 aromatic rings. The van der Waals surface area contributed by atoms with Crippen LogP contribution in [0.25, 0.3) is 0 Å². The van der Waals surface area contributed by atoms with Gasteiger partial charge in [0.25, 0.3) is 0 Å². The van der Waals surface area contributed by atoms with Crippen LogP contribution in [0.2, 0.25) is 5.02 Å². The second kappa shape index (κ2) is 8.09. The molecule has 138 valence electrons. The summed E-state index contributed by atoms with van der Waals surface area (Å²) in [6, 6.07) is 7.36. The maximum absolute atomic E-state index is 12.2. The van der Waals surface area contributed by atoms with Crippen LogP contribution >= 0.6 is 11.6 Å². The first-order chi connectivity index (χ1) is 11.7. The molecule has 1 aromatic carbocycles. The highest BCUT2D eigenvalue weighted by Crippen LogP contribution is 2.34. The van der Waals surface area contributed by atoms with Crippen LogP contribution in [0.15, 0.2) is 24.3 Å². The maximum Gasteiger partial charge on any atom is 0.410 e. The van der Waals surface area contributed by atoms with Crippen LogP contribution in [-0.4, -0.2) is 35.7 Å². The Morgan fingerprint density at radius 2 is 1.72 bits per heavy atom. The normalized spacial score (nSPS) is 17.1. The van der Waals surface area contributed by atoms with E-state index in [-0.39, 0.29) is 24.1 Å². The summed E-state index contributed by atoms with van der Waals surface area (Å²) in [6.07, 6.45) is 0.886. The molecule has 0 aliphatic carbocycles. The smallest absolute Gasteiger partial charge is 0.410 e. The molecule has 1 amide bonds. The molecule has 2 rings (SSSR count). The number of carbonyl (C=O) groups excluding carboxylic acids is 2. The van der Waals surface area contributed by atoms with E-state index < -0.39 is 5.60 Å². The lowest BCUT2D eigenvalue weighted by Crippen LogP contribution is -2.42. The van der Waals surface area contributed by atoms with E-state index in [1.165, 1.54) is 6.92 Å². The zero-order chi connectivity index (χ0) is 18.6. The van der Waals surface area contributed by atoms with Crippen LogP contribution in [-0.2, 0) is 14.3 Å². The molecular formula is C19H26ClNO4. The van der Waals surface area contributed by atoms with Gasteiger partial charge in [0.1, 0.15) is 11.7 Å². The Kier molecular flexibility index (Phi) is 6.33. The van der Waals surface area contributed by atoms with E-state index in [0.29, 0.717) is 18.1 Å². The summed E-state index contributed by atoms with van der Waals surface area (Å²) in [5.41, 5.74) is 0.424. The predicted octanol–water partition coefficient (Wildman–Crippen LogP) is 4.59. The zero-order valence-electron chi connectivity index (χ0n) is 15.3. The highest BCUT2D eigenvalue weighted by molar-refractivity contribution is 6.30. The number of likely N-dealkylation sites (tertiary alicyclic amines) is 1. The molecule has 1 unspecified atom stereocenters. The number of piperidine rings is 1. The number of esters is 1. The second-order valence-corrected chi connectivity index (χ2v) is 7.82. The SMILES string of the molecule is CC(=O)OC(c1ccc(Cl)cc1)C1CCN(C(=O)OC(C)(C)C)CC1. The fraction of sp³-hybridized carbons (Fsp3) is 0.579. The van der Waals surface area contributed by atoms with Crippen LogP contribution in [0, 0.1) is 5.92 Å². The summed E-state index contributed by atoms with van der Waals surface area (Å²) in [7, 11) is 0. The van der Waals surface area contributed by atoms with E-state index in [1.54, 1.807) is 17.0 Å². The molecular weight excluding hydrogens is 342 g/mol. The Morgan fingerprint density at radius 1 is 1.16 bits per heavy atom. The monoisotopic (exact) mass is 367 g/mol. The standard InChI is InChI=1S/C19H26ClNO4/c1-13(22)24-17(14-5-7-16(20)8-6-14)15-9-11-21(12-10-15)18(23)25-19(2,3)4/h5-8,15,17H,9-12H2,1-4H3. The second-order valence-electron chi connectivity index (χ2n) is 7.39. The van der Waals surface area contributed by atoms with Crippen molar-refractivity contribution < 1.29 is 19.1 Å². The molecule has 25 heavy (non-hydrogen) atoms. The van der Waals surface area contributed by atoms with Crippen molar-refractivity contribution in [3.05, 3.63) is 34.9 Å². The van der Waals surface area contributed by atoms with Crippen molar-refractivity contribution in [2.45, 2.75) is 52.2 Å². The Hall–Kier alpha value is -1.75. The molecule has 0 saturated carbocycles. The highest BCUT2D eigenvalue weighted by Gasteiger charge is 2.32. The molecule has 6 heteroatoms. The van der Waals surface area contributed by atoms with Crippen LogP contribution in [0.5, 0.6) is 0 Å². The lowest BCUT2D eigenvalue weighted by atomic mass is 9.87. The van der Waals surface area contributed by atoms with Gasteiger partial charge >= 0.3 is 12.1 Å². The van der Waals surface area contributed by atoms with Crippen molar-refractivity contribution in [3.63, 3.8) is 0 Å².